The number of ether oxygens (including phenoxy) is 1. The van der Waals surface area contributed by atoms with Gasteiger partial charge in [-0.2, -0.15) is 0 Å². The van der Waals surface area contributed by atoms with Crippen LogP contribution in [0.2, 0.25) is 0 Å². The van der Waals surface area contributed by atoms with Gasteiger partial charge in [0.1, 0.15) is 5.82 Å². The summed E-state index contributed by atoms with van der Waals surface area (Å²) >= 11 is 1.53. The van der Waals surface area contributed by atoms with Crippen LogP contribution in [0.4, 0.5) is 11.5 Å². The number of carbonyl (C=O) groups excluding carboxylic acids is 1. The summed E-state index contributed by atoms with van der Waals surface area (Å²) in [5, 5.41) is 5.31. The van der Waals surface area contributed by atoms with Crippen LogP contribution in [0.1, 0.15) is 0 Å². The van der Waals surface area contributed by atoms with Gasteiger partial charge in [0.15, 0.2) is 0 Å². The number of hydrogen-bond donors (Lipinski definition) is 1. The summed E-state index contributed by atoms with van der Waals surface area (Å²) < 4.78 is 5.36. The molecule has 0 saturated carbocycles. The van der Waals surface area contributed by atoms with E-state index in [-0.39, 0.29) is 5.91 Å². The van der Waals surface area contributed by atoms with Crippen LogP contribution in [0.25, 0.3) is 10.8 Å². The molecule has 1 aromatic heterocycles. The highest BCUT2D eigenvalue weighted by Gasteiger charge is 2.12. The maximum atomic E-state index is 12.2. The maximum Gasteiger partial charge on any atom is 0.234 e. The lowest BCUT2D eigenvalue weighted by Gasteiger charge is -2.27. The molecule has 138 valence electrons. The number of rotatable bonds is 5. The molecule has 4 rings (SSSR count). The molecule has 2 aromatic carbocycles. The summed E-state index contributed by atoms with van der Waals surface area (Å²) in [6, 6.07) is 18.3. The molecule has 0 bridgehead atoms. The number of anilines is 2. The number of fused-ring (bicyclic) bond motifs is 1. The van der Waals surface area contributed by atoms with Gasteiger partial charge in [-0.25, -0.2) is 4.98 Å². The number of benzene rings is 2. The fourth-order valence-electron chi connectivity index (χ4n) is 3.04. The van der Waals surface area contributed by atoms with Crippen molar-refractivity contribution in [3.8, 4) is 0 Å². The van der Waals surface area contributed by atoms with Gasteiger partial charge in [-0.15, -0.1) is 11.8 Å². The minimum absolute atomic E-state index is 0.0333. The van der Waals surface area contributed by atoms with Gasteiger partial charge in [-0.1, -0.05) is 30.3 Å². The summed E-state index contributed by atoms with van der Waals surface area (Å²) in [7, 11) is 0. The third kappa shape index (κ3) is 4.59. The second-order valence-electron chi connectivity index (χ2n) is 6.35. The Balaban J connectivity index is 1.31. The average molecular weight is 379 g/mol. The van der Waals surface area contributed by atoms with Gasteiger partial charge in [0.2, 0.25) is 5.91 Å². The van der Waals surface area contributed by atoms with E-state index in [4.69, 9.17) is 4.74 Å². The van der Waals surface area contributed by atoms with Crippen molar-refractivity contribution >= 4 is 39.9 Å². The smallest absolute Gasteiger partial charge is 0.234 e. The number of carbonyl (C=O) groups is 1. The van der Waals surface area contributed by atoms with Gasteiger partial charge in [-0.3, -0.25) is 4.79 Å². The van der Waals surface area contributed by atoms with Crippen molar-refractivity contribution in [2.24, 2.45) is 0 Å². The van der Waals surface area contributed by atoms with Crippen LogP contribution in [0.15, 0.2) is 65.7 Å². The van der Waals surface area contributed by atoms with Gasteiger partial charge in [0.25, 0.3) is 0 Å². The average Bonchev–Trinajstić information content (AvgIpc) is 2.73. The summed E-state index contributed by atoms with van der Waals surface area (Å²) in [6.45, 7) is 3.15. The fourth-order valence-corrected chi connectivity index (χ4v) is 3.79. The number of thioether (sulfide) groups is 1. The molecule has 0 atom stereocenters. The van der Waals surface area contributed by atoms with Gasteiger partial charge in [0, 0.05) is 18.0 Å². The van der Waals surface area contributed by atoms with Gasteiger partial charge in [0.05, 0.1) is 30.9 Å². The molecule has 1 aliphatic rings. The van der Waals surface area contributed by atoms with Crippen LogP contribution >= 0.6 is 11.8 Å². The quantitative estimate of drug-likeness (QED) is 0.684. The molecule has 6 heteroatoms. The van der Waals surface area contributed by atoms with E-state index in [2.05, 4.69) is 45.5 Å². The highest BCUT2D eigenvalue weighted by atomic mass is 32.2. The monoisotopic (exact) mass is 379 g/mol. The first-order valence-corrected chi connectivity index (χ1v) is 9.97. The second-order valence-corrected chi connectivity index (χ2v) is 7.40. The lowest BCUT2D eigenvalue weighted by Crippen LogP contribution is -2.36. The molecule has 1 saturated heterocycles. The number of morpholine rings is 1. The van der Waals surface area contributed by atoms with Crippen LogP contribution in [-0.2, 0) is 9.53 Å². The van der Waals surface area contributed by atoms with Gasteiger partial charge in [-0.05, 0) is 35.0 Å². The Morgan fingerprint density at radius 1 is 1.07 bits per heavy atom. The third-order valence-electron chi connectivity index (χ3n) is 4.46. The van der Waals surface area contributed by atoms with Crippen molar-refractivity contribution in [3.63, 3.8) is 0 Å². The highest BCUT2D eigenvalue weighted by Crippen LogP contribution is 2.24. The number of hydrogen-bond acceptors (Lipinski definition) is 5. The molecule has 0 radical (unpaired) electrons. The molecule has 0 unspecified atom stereocenters. The number of amides is 1. The van der Waals surface area contributed by atoms with E-state index >= 15 is 0 Å². The summed E-state index contributed by atoms with van der Waals surface area (Å²) in [6.07, 6.45) is 1.71. The summed E-state index contributed by atoms with van der Waals surface area (Å²) in [4.78, 5) is 20.0. The molecule has 3 aromatic rings. The first-order chi connectivity index (χ1) is 13.3. The van der Waals surface area contributed by atoms with Gasteiger partial charge < -0.3 is 15.0 Å². The number of nitrogens with zero attached hydrogens (tertiary/aromatic N) is 2. The Labute approximate surface area is 162 Å². The lowest BCUT2D eigenvalue weighted by molar-refractivity contribution is -0.113. The molecule has 1 amide bonds. The number of pyridine rings is 1. The molecular formula is C21H21N3O2S. The topological polar surface area (TPSA) is 54.5 Å². The molecule has 5 nitrogen and oxygen atoms in total. The molecule has 27 heavy (non-hydrogen) atoms. The fraction of sp³-hybridized carbons (Fsp3) is 0.238. The van der Waals surface area contributed by atoms with Crippen LogP contribution in [0.3, 0.4) is 0 Å². The zero-order valence-corrected chi connectivity index (χ0v) is 15.7. The van der Waals surface area contributed by atoms with E-state index in [1.54, 1.807) is 6.20 Å². The Kier molecular flexibility index (Phi) is 5.55. The van der Waals surface area contributed by atoms with Crippen molar-refractivity contribution < 1.29 is 9.53 Å². The SMILES string of the molecule is O=C(CSc1ccc2ccccc2c1)Nc1ccc(N2CCOCC2)nc1. The van der Waals surface area contributed by atoms with E-state index in [0.717, 1.165) is 42.7 Å². The van der Waals surface area contributed by atoms with E-state index in [9.17, 15) is 4.79 Å². The van der Waals surface area contributed by atoms with Crippen molar-refractivity contribution in [2.75, 3.05) is 42.3 Å². The predicted molar refractivity (Wildman–Crippen MR) is 111 cm³/mol. The van der Waals surface area contributed by atoms with Crippen LogP contribution in [-0.4, -0.2) is 42.9 Å². The van der Waals surface area contributed by atoms with Crippen molar-refractivity contribution in [3.05, 3.63) is 60.8 Å². The van der Waals surface area contributed by atoms with Crippen LogP contribution in [0, 0.1) is 0 Å². The minimum atomic E-state index is -0.0333. The van der Waals surface area contributed by atoms with E-state index in [0.29, 0.717) is 5.75 Å². The Hall–Kier alpha value is -2.57. The molecule has 1 fully saturated rings. The molecule has 0 spiro atoms. The molecule has 0 aliphatic carbocycles. The van der Waals surface area contributed by atoms with Crippen LogP contribution in [0.5, 0.6) is 0 Å². The highest BCUT2D eigenvalue weighted by molar-refractivity contribution is 8.00. The van der Waals surface area contributed by atoms with Crippen LogP contribution < -0.4 is 10.2 Å². The van der Waals surface area contributed by atoms with E-state index in [1.165, 1.54) is 22.5 Å². The maximum absolute atomic E-state index is 12.2. The second kappa shape index (κ2) is 8.41. The predicted octanol–water partition coefficient (Wildman–Crippen LogP) is 3.80. The van der Waals surface area contributed by atoms with Crippen molar-refractivity contribution in [2.45, 2.75) is 4.90 Å². The Morgan fingerprint density at radius 2 is 1.89 bits per heavy atom. The standard InChI is InChI=1S/C21H21N3O2S/c25-21(15-27-19-7-5-16-3-1-2-4-17(16)13-19)23-18-6-8-20(22-14-18)24-9-11-26-12-10-24/h1-8,13-14H,9-12,15H2,(H,23,25). The zero-order chi connectivity index (χ0) is 18.5. The number of nitrogens with one attached hydrogen (secondary N) is 1. The Bertz CT molecular complexity index is 924. The molecule has 1 aliphatic heterocycles. The largest absolute Gasteiger partial charge is 0.378 e. The summed E-state index contributed by atoms with van der Waals surface area (Å²) in [5.74, 6) is 1.25. The first-order valence-electron chi connectivity index (χ1n) is 8.98. The normalized spacial score (nSPS) is 14.3. The minimum Gasteiger partial charge on any atom is -0.378 e. The zero-order valence-electron chi connectivity index (χ0n) is 14.9. The third-order valence-corrected chi connectivity index (χ3v) is 5.45. The number of aromatic nitrogens is 1. The summed E-state index contributed by atoms with van der Waals surface area (Å²) in [5.41, 5.74) is 0.719. The van der Waals surface area contributed by atoms with Crippen molar-refractivity contribution in [1.29, 1.82) is 0 Å². The van der Waals surface area contributed by atoms with Crippen molar-refractivity contribution in [1.82, 2.24) is 4.98 Å². The molecule has 2 heterocycles. The van der Waals surface area contributed by atoms with E-state index < -0.39 is 0 Å². The Morgan fingerprint density at radius 3 is 2.67 bits per heavy atom. The van der Waals surface area contributed by atoms with E-state index in [1.807, 2.05) is 24.3 Å². The lowest BCUT2D eigenvalue weighted by atomic mass is 10.1. The molecular weight excluding hydrogens is 358 g/mol. The van der Waals surface area contributed by atoms with Gasteiger partial charge >= 0.3 is 0 Å². The first kappa shape index (κ1) is 17.8. The molecule has 1 N–H and O–H groups in total.